The molecule has 0 radical (unpaired) electrons. The molecule has 13 rings (SSSR count). The summed E-state index contributed by atoms with van der Waals surface area (Å²) in [7, 11) is 0. The van der Waals surface area contributed by atoms with Crippen LogP contribution in [0.25, 0.3) is 27.8 Å². The molecule has 5 N–H and O–H groups in total. The third kappa shape index (κ3) is 8.89. The molecule has 0 saturated carbocycles. The minimum Gasteiger partial charge on any atom is -0.384 e. The van der Waals surface area contributed by atoms with E-state index in [4.69, 9.17) is 0 Å². The number of aromatic nitrogens is 4. The van der Waals surface area contributed by atoms with Gasteiger partial charge in [0.05, 0.1) is 41.8 Å². The second-order valence-corrected chi connectivity index (χ2v) is 19.7. The van der Waals surface area contributed by atoms with Crippen LogP contribution in [0.4, 0.5) is 5.69 Å². The number of aromatic amines is 1. The van der Waals surface area contributed by atoms with Gasteiger partial charge in [-0.3, -0.25) is 19.0 Å². The van der Waals surface area contributed by atoms with Gasteiger partial charge >= 0.3 is 0 Å². The Hall–Kier alpha value is -7.81. The number of amides is 3. The Bertz CT molecular complexity index is 3150. The summed E-state index contributed by atoms with van der Waals surface area (Å²) < 4.78 is 1.92. The number of halogens is 1. The van der Waals surface area contributed by atoms with Crippen LogP contribution in [0.1, 0.15) is 100 Å². The van der Waals surface area contributed by atoms with Crippen LogP contribution in [0.2, 0.25) is 0 Å². The first-order valence-electron chi connectivity index (χ1n) is 24.5. The maximum Gasteiger partial charge on any atom is 0.251 e. The minimum atomic E-state index is -0.0862. The van der Waals surface area contributed by atoms with Crippen molar-refractivity contribution in [1.82, 2.24) is 50.2 Å². The first-order chi connectivity index (χ1) is 34.2. The molecule has 0 aliphatic carbocycles. The zero-order chi connectivity index (χ0) is 48.0. The van der Waals surface area contributed by atoms with Crippen LogP contribution >= 0.6 is 12.4 Å². The van der Waals surface area contributed by atoms with Crippen LogP contribution in [0.15, 0.2) is 91.4 Å². The van der Waals surface area contributed by atoms with E-state index in [9.17, 15) is 30.2 Å². The number of benzene rings is 3. The lowest BCUT2D eigenvalue weighted by Gasteiger charge is -2.22. The van der Waals surface area contributed by atoms with Crippen LogP contribution in [-0.2, 0) is 6.42 Å². The van der Waals surface area contributed by atoms with Gasteiger partial charge in [0.1, 0.15) is 0 Å². The highest BCUT2D eigenvalue weighted by atomic mass is 35.5. The molecule has 3 aromatic carbocycles. The van der Waals surface area contributed by atoms with E-state index < -0.39 is 0 Å². The summed E-state index contributed by atoms with van der Waals surface area (Å²) in [4.78, 5) is 55.2. The van der Waals surface area contributed by atoms with Gasteiger partial charge in [-0.25, -0.2) is 9.97 Å². The number of hydrogen-bond acceptors (Lipinski definition) is 12. The molecule has 3 aromatic heterocycles. The van der Waals surface area contributed by atoms with E-state index in [1.54, 1.807) is 6.20 Å². The predicted octanol–water partition coefficient (Wildman–Crippen LogP) is 6.42. The molecule has 6 saturated heterocycles. The molecule has 10 heterocycles. The van der Waals surface area contributed by atoms with Gasteiger partial charge in [-0.2, -0.15) is 15.8 Å². The molecule has 7 aliphatic rings. The number of nitrogens with one attached hydrogen (secondary N) is 5. The van der Waals surface area contributed by atoms with Crippen LogP contribution in [0, 0.1) is 41.3 Å². The Kier molecular flexibility index (Phi) is 12.9. The highest BCUT2D eigenvalue weighted by Crippen LogP contribution is 2.39. The van der Waals surface area contributed by atoms with Gasteiger partial charge in [0.2, 0.25) is 5.95 Å². The normalized spacial score (nSPS) is 25.7. The molecular weight excluding hydrogens is 916 g/mol. The van der Waals surface area contributed by atoms with E-state index in [0.29, 0.717) is 29.2 Å². The molecule has 7 aliphatic heterocycles. The zero-order valence-electron chi connectivity index (χ0n) is 39.3. The molecule has 9 atom stereocenters. The lowest BCUT2D eigenvalue weighted by atomic mass is 9.95. The van der Waals surface area contributed by atoms with Gasteiger partial charge in [-0.05, 0) is 149 Å². The van der Waals surface area contributed by atoms with Crippen LogP contribution in [-0.4, -0.2) is 113 Å². The third-order valence-corrected chi connectivity index (χ3v) is 15.7. The van der Waals surface area contributed by atoms with Crippen molar-refractivity contribution < 1.29 is 14.4 Å². The molecule has 362 valence electrons. The van der Waals surface area contributed by atoms with Gasteiger partial charge < -0.3 is 41.0 Å². The van der Waals surface area contributed by atoms with Gasteiger partial charge in [0.15, 0.2) is 18.6 Å². The van der Waals surface area contributed by atoms with Crippen molar-refractivity contribution in [2.75, 3.05) is 11.9 Å². The van der Waals surface area contributed by atoms with E-state index in [1.807, 2.05) is 111 Å². The van der Waals surface area contributed by atoms with Gasteiger partial charge in [-0.1, -0.05) is 0 Å². The van der Waals surface area contributed by atoms with E-state index in [-0.39, 0.29) is 72.4 Å². The lowest BCUT2D eigenvalue weighted by molar-refractivity contribution is 0.0920. The number of hydrogen-bond donors (Lipinski definition) is 5. The summed E-state index contributed by atoms with van der Waals surface area (Å²) in [5.41, 5.74) is 7.27. The number of carbonyl (C=O) groups excluding carboxylic acids is 3. The highest BCUT2D eigenvalue weighted by molar-refractivity contribution is 5.99. The number of nitrogens with zero attached hydrogens (tertiary/aromatic N) is 9. The largest absolute Gasteiger partial charge is 0.384 e. The third-order valence-electron chi connectivity index (χ3n) is 15.7. The Morgan fingerprint density at radius 2 is 1.18 bits per heavy atom. The number of H-pyrrole nitrogens is 1. The van der Waals surface area contributed by atoms with Gasteiger partial charge in [-0.15, -0.1) is 12.4 Å². The molecule has 71 heavy (non-hydrogen) atoms. The number of aryl methyl sites for hydroxylation is 1. The van der Waals surface area contributed by atoms with E-state index in [2.05, 4.69) is 54.8 Å². The Balaban J connectivity index is 0.000000124. The van der Waals surface area contributed by atoms with Crippen molar-refractivity contribution in [2.45, 2.75) is 126 Å². The van der Waals surface area contributed by atoms with Crippen molar-refractivity contribution >= 4 is 57.6 Å². The van der Waals surface area contributed by atoms with E-state index in [0.717, 1.165) is 110 Å². The SMILES string of the molecule is Cc1ccnc(-n2ccc3cc(C(=O)NC4CC5CCC4N5C#N)ccc32)n1.Cl.N#CN1C2CCC1C(NC(=O)c1ccc3[nH]ccc3c1)C2.N#CN1C2CCC1C(NC(=O)c1ccc3c(c1)CCN3)C2. The zero-order valence-corrected chi connectivity index (χ0v) is 40.1. The van der Waals surface area contributed by atoms with Crippen LogP contribution < -0.4 is 21.3 Å². The molecule has 6 bridgehead atoms. The van der Waals surface area contributed by atoms with E-state index >= 15 is 0 Å². The summed E-state index contributed by atoms with van der Waals surface area (Å²) >= 11 is 0. The fourth-order valence-electron chi connectivity index (χ4n) is 12.3. The van der Waals surface area contributed by atoms with Crippen molar-refractivity contribution in [2.24, 2.45) is 0 Å². The molecule has 18 heteroatoms. The quantitative estimate of drug-likeness (QED) is 0.109. The standard InChI is InChI=1S/C21H20N6O.C16H18N4O.C16H16N4O.ClH/c1-13-6-8-23-21(24-13)26-9-7-14-10-15(2-4-18(14)26)20(28)25-17-11-16-3-5-19(17)27(16)12-22;2*17-9-20-12-2-4-15(20)14(8-12)19-16(21)11-1-3-13-10(7-11)5-6-18-13;/h2,4,6-10,16-17,19H,3,5,11H2,1H3,(H,25,28);1,3,7,12,14-15,18H,2,4-6,8H2,(H,19,21);1,3,5-7,12,14-15,18H,2,4,8H2,(H,19,21);1H. The predicted molar refractivity (Wildman–Crippen MR) is 268 cm³/mol. The maximum atomic E-state index is 12.8. The molecular formula is C53H55ClN14O3. The van der Waals surface area contributed by atoms with Crippen molar-refractivity contribution in [1.29, 1.82) is 15.8 Å². The molecule has 6 fully saturated rings. The molecule has 17 nitrogen and oxygen atoms in total. The average molecular weight is 972 g/mol. The number of nitriles is 3. The summed E-state index contributed by atoms with van der Waals surface area (Å²) in [6, 6.07) is 24.7. The Labute approximate surface area is 417 Å². The summed E-state index contributed by atoms with van der Waals surface area (Å²) in [6.07, 6.45) is 22.2. The molecule has 9 unspecified atom stereocenters. The smallest absolute Gasteiger partial charge is 0.251 e. The molecule has 3 amide bonds. The fraction of sp³-hybridized carbons (Fsp3) is 0.396. The average Bonchev–Trinajstić information content (AvgIpc) is 4.26. The monoisotopic (exact) mass is 970 g/mol. The van der Waals surface area contributed by atoms with Crippen molar-refractivity contribution in [3.8, 4) is 24.5 Å². The van der Waals surface area contributed by atoms with Crippen molar-refractivity contribution in [3.63, 3.8) is 0 Å². The van der Waals surface area contributed by atoms with Gasteiger partial charge in [0, 0.05) is 87.6 Å². The molecule has 6 aromatic rings. The minimum absolute atomic E-state index is 0. The summed E-state index contributed by atoms with van der Waals surface area (Å²) in [6.45, 7) is 2.88. The molecule has 0 spiro atoms. The second kappa shape index (κ2) is 19.5. The lowest BCUT2D eigenvalue weighted by Crippen LogP contribution is -2.43. The maximum absolute atomic E-state index is 12.8. The number of anilines is 1. The number of rotatable bonds is 7. The van der Waals surface area contributed by atoms with Crippen molar-refractivity contribution in [3.05, 3.63) is 119 Å². The Morgan fingerprint density at radius 1 is 0.648 bits per heavy atom. The van der Waals surface area contributed by atoms with Gasteiger partial charge in [0.25, 0.3) is 17.7 Å². The number of carbonyl (C=O) groups is 3. The van der Waals surface area contributed by atoms with Crippen LogP contribution in [0.5, 0.6) is 0 Å². The first-order valence-corrected chi connectivity index (χ1v) is 24.5. The number of fused-ring (bicyclic) bond motifs is 9. The Morgan fingerprint density at radius 3 is 1.73 bits per heavy atom. The fourth-order valence-corrected chi connectivity index (χ4v) is 12.3. The second-order valence-electron chi connectivity index (χ2n) is 19.7. The summed E-state index contributed by atoms with van der Waals surface area (Å²) in [5.74, 6) is 0.469. The van der Waals surface area contributed by atoms with E-state index in [1.165, 1.54) is 5.56 Å². The summed E-state index contributed by atoms with van der Waals surface area (Å²) in [5, 5.41) is 42.3. The van der Waals surface area contributed by atoms with Crippen LogP contribution in [0.3, 0.4) is 0 Å². The topological polar surface area (TPSA) is 227 Å². The highest BCUT2D eigenvalue weighted by Gasteiger charge is 2.48. The first kappa shape index (κ1) is 46.9.